The molecule has 2 aromatic rings. The summed E-state index contributed by atoms with van der Waals surface area (Å²) in [5, 5.41) is 8.66. The van der Waals surface area contributed by atoms with Crippen molar-refractivity contribution in [1.82, 2.24) is 10.1 Å². The van der Waals surface area contributed by atoms with E-state index in [0.717, 1.165) is 16.6 Å². The molecule has 4 nitrogen and oxygen atoms in total. The first kappa shape index (κ1) is 13.3. The van der Waals surface area contributed by atoms with Gasteiger partial charge >= 0.3 is 0 Å². The van der Waals surface area contributed by atoms with E-state index in [-0.39, 0.29) is 0 Å². The van der Waals surface area contributed by atoms with Crippen molar-refractivity contribution in [2.45, 2.75) is 0 Å². The highest BCUT2D eigenvalue weighted by atomic mass is 32.1. The van der Waals surface area contributed by atoms with E-state index < -0.39 is 0 Å². The number of thiocarbonyl (C=S) groups is 1. The van der Waals surface area contributed by atoms with Gasteiger partial charge < -0.3 is 14.7 Å². The second-order valence-corrected chi connectivity index (χ2v) is 4.39. The van der Waals surface area contributed by atoms with Crippen LogP contribution >= 0.6 is 12.2 Å². The Morgan fingerprint density at radius 1 is 1.37 bits per heavy atom. The van der Waals surface area contributed by atoms with Crippen molar-refractivity contribution in [2.75, 3.05) is 18.4 Å². The zero-order chi connectivity index (χ0) is 13.7. The van der Waals surface area contributed by atoms with Crippen LogP contribution in [0.15, 0.2) is 54.3 Å². The number of anilines is 1. The Morgan fingerprint density at radius 3 is 2.79 bits per heavy atom. The van der Waals surface area contributed by atoms with Crippen LogP contribution < -0.4 is 5.32 Å². The highest BCUT2D eigenvalue weighted by molar-refractivity contribution is 7.80. The van der Waals surface area contributed by atoms with Crippen molar-refractivity contribution in [2.24, 2.45) is 0 Å². The predicted octanol–water partition coefficient (Wildman–Crippen LogP) is 3.20. The van der Waals surface area contributed by atoms with Crippen molar-refractivity contribution in [3.8, 4) is 0 Å². The Kier molecular flexibility index (Phi) is 4.30. The zero-order valence-electron chi connectivity index (χ0n) is 10.5. The van der Waals surface area contributed by atoms with Crippen molar-refractivity contribution in [3.05, 3.63) is 49.8 Å². The Morgan fingerprint density at radius 2 is 2.11 bits per heavy atom. The van der Waals surface area contributed by atoms with E-state index in [0.29, 0.717) is 18.2 Å². The summed E-state index contributed by atoms with van der Waals surface area (Å²) in [6.07, 6.45) is 5.22. The van der Waals surface area contributed by atoms with Gasteiger partial charge in [0.15, 0.2) is 5.11 Å². The molecule has 0 aliphatic rings. The van der Waals surface area contributed by atoms with E-state index in [4.69, 9.17) is 16.7 Å². The number of nitrogens with zero attached hydrogens (tertiary/aromatic N) is 2. The predicted molar refractivity (Wildman–Crippen MR) is 82.2 cm³/mol. The molecule has 2 rings (SSSR count). The van der Waals surface area contributed by atoms with Gasteiger partial charge in [0.2, 0.25) is 0 Å². The van der Waals surface area contributed by atoms with Gasteiger partial charge in [0.05, 0.1) is 0 Å². The maximum atomic E-state index is 5.37. The van der Waals surface area contributed by atoms with Gasteiger partial charge in [-0.05, 0) is 30.4 Å². The molecule has 0 bridgehead atoms. The molecule has 0 spiro atoms. The highest BCUT2D eigenvalue weighted by Gasteiger charge is 2.07. The number of hydrogen-bond acceptors (Lipinski definition) is 3. The molecular formula is C14H15N3OS. The number of benzene rings is 1. The van der Waals surface area contributed by atoms with E-state index in [9.17, 15) is 0 Å². The lowest BCUT2D eigenvalue weighted by molar-refractivity contribution is 0.428. The quantitative estimate of drug-likeness (QED) is 0.669. The SMILES string of the molecule is C=CCN(CC=C)C(=S)Nc1ccc2conc2c1. The lowest BCUT2D eigenvalue weighted by atomic mass is 10.2. The van der Waals surface area contributed by atoms with Gasteiger partial charge in [-0.25, -0.2) is 0 Å². The molecule has 0 unspecified atom stereocenters. The Balaban J connectivity index is 2.11. The zero-order valence-corrected chi connectivity index (χ0v) is 11.3. The van der Waals surface area contributed by atoms with Crippen molar-refractivity contribution < 1.29 is 4.52 Å². The summed E-state index contributed by atoms with van der Waals surface area (Å²) < 4.78 is 4.90. The van der Waals surface area contributed by atoms with Crippen molar-refractivity contribution in [1.29, 1.82) is 0 Å². The second kappa shape index (κ2) is 6.15. The normalized spacial score (nSPS) is 10.1. The van der Waals surface area contributed by atoms with Gasteiger partial charge in [0.1, 0.15) is 11.8 Å². The van der Waals surface area contributed by atoms with Crippen LogP contribution in [-0.2, 0) is 0 Å². The molecule has 0 atom stereocenters. The molecule has 19 heavy (non-hydrogen) atoms. The molecule has 0 aliphatic carbocycles. The lowest BCUT2D eigenvalue weighted by Crippen LogP contribution is -2.34. The molecular weight excluding hydrogens is 258 g/mol. The number of nitrogens with one attached hydrogen (secondary N) is 1. The Hall–Kier alpha value is -2.14. The summed E-state index contributed by atoms with van der Waals surface area (Å²) in [7, 11) is 0. The number of hydrogen-bond donors (Lipinski definition) is 1. The molecule has 1 N–H and O–H groups in total. The molecule has 5 heteroatoms. The van der Waals surface area contributed by atoms with Gasteiger partial charge in [-0.1, -0.05) is 17.3 Å². The Bertz CT molecular complexity index is 596. The fraction of sp³-hybridized carbons (Fsp3) is 0.143. The standard InChI is InChI=1S/C14H15N3OS/c1-3-7-17(8-4-2)14(19)15-12-6-5-11-10-18-16-13(11)9-12/h3-6,9-10H,1-2,7-8H2,(H,15,19). The fourth-order valence-corrected chi connectivity index (χ4v) is 1.96. The third kappa shape index (κ3) is 3.20. The third-order valence-electron chi connectivity index (χ3n) is 2.60. The first-order valence-corrected chi connectivity index (χ1v) is 6.27. The maximum Gasteiger partial charge on any atom is 0.173 e. The largest absolute Gasteiger partial charge is 0.364 e. The highest BCUT2D eigenvalue weighted by Crippen LogP contribution is 2.18. The van der Waals surface area contributed by atoms with Gasteiger partial charge in [-0.3, -0.25) is 0 Å². The average molecular weight is 273 g/mol. The minimum absolute atomic E-state index is 0.627. The van der Waals surface area contributed by atoms with Crippen LogP contribution in [0.1, 0.15) is 0 Å². The van der Waals surface area contributed by atoms with Gasteiger partial charge in [0.25, 0.3) is 0 Å². The minimum atomic E-state index is 0.627. The number of aromatic nitrogens is 1. The van der Waals surface area contributed by atoms with Crippen molar-refractivity contribution in [3.63, 3.8) is 0 Å². The van der Waals surface area contributed by atoms with Crippen LogP contribution in [-0.4, -0.2) is 28.3 Å². The van der Waals surface area contributed by atoms with Gasteiger partial charge in [0, 0.05) is 24.2 Å². The second-order valence-electron chi connectivity index (χ2n) is 4.00. The Labute approximate surface area is 117 Å². The molecule has 0 aliphatic heterocycles. The number of rotatable bonds is 5. The first-order chi connectivity index (χ1) is 9.24. The van der Waals surface area contributed by atoms with Gasteiger partial charge in [-0.15, -0.1) is 13.2 Å². The molecule has 98 valence electrons. The number of fused-ring (bicyclic) bond motifs is 1. The molecule has 1 heterocycles. The molecule has 0 fully saturated rings. The first-order valence-electron chi connectivity index (χ1n) is 5.86. The summed E-state index contributed by atoms with van der Waals surface area (Å²) in [5.41, 5.74) is 1.68. The molecule has 0 saturated heterocycles. The summed E-state index contributed by atoms with van der Waals surface area (Å²) in [4.78, 5) is 1.96. The van der Waals surface area contributed by atoms with Crippen LogP contribution in [0.25, 0.3) is 10.9 Å². The minimum Gasteiger partial charge on any atom is -0.364 e. The average Bonchev–Trinajstić information content (AvgIpc) is 2.86. The van der Waals surface area contributed by atoms with E-state index in [1.54, 1.807) is 18.4 Å². The third-order valence-corrected chi connectivity index (χ3v) is 2.96. The fourth-order valence-electron chi connectivity index (χ4n) is 1.69. The monoisotopic (exact) mass is 273 g/mol. The molecule has 0 radical (unpaired) electrons. The topological polar surface area (TPSA) is 41.3 Å². The molecule has 0 saturated carbocycles. The van der Waals surface area contributed by atoms with Crippen LogP contribution in [0.2, 0.25) is 0 Å². The van der Waals surface area contributed by atoms with E-state index in [1.807, 2.05) is 23.1 Å². The summed E-state index contributed by atoms with van der Waals surface area (Å²) in [6, 6.07) is 5.76. The smallest absolute Gasteiger partial charge is 0.173 e. The lowest BCUT2D eigenvalue weighted by Gasteiger charge is -2.23. The van der Waals surface area contributed by atoms with E-state index in [1.165, 1.54) is 0 Å². The summed E-state index contributed by atoms with van der Waals surface area (Å²) in [5.74, 6) is 0. The maximum absolute atomic E-state index is 5.37. The van der Waals surface area contributed by atoms with E-state index in [2.05, 4.69) is 23.6 Å². The van der Waals surface area contributed by atoms with Crippen LogP contribution in [0.4, 0.5) is 5.69 Å². The van der Waals surface area contributed by atoms with E-state index >= 15 is 0 Å². The molecule has 1 aromatic heterocycles. The molecule has 1 aromatic carbocycles. The van der Waals surface area contributed by atoms with Crippen LogP contribution in [0.3, 0.4) is 0 Å². The summed E-state index contributed by atoms with van der Waals surface area (Å²) >= 11 is 5.37. The molecule has 0 amide bonds. The summed E-state index contributed by atoms with van der Waals surface area (Å²) in [6.45, 7) is 8.78. The van der Waals surface area contributed by atoms with Crippen LogP contribution in [0, 0.1) is 0 Å². The van der Waals surface area contributed by atoms with Crippen molar-refractivity contribution >= 4 is 33.9 Å². The van der Waals surface area contributed by atoms with Gasteiger partial charge in [-0.2, -0.15) is 0 Å². The van der Waals surface area contributed by atoms with Crippen LogP contribution in [0.5, 0.6) is 0 Å².